The molecule has 0 spiro atoms. The van der Waals surface area contributed by atoms with Gasteiger partial charge in [0.05, 0.1) is 0 Å². The lowest BCUT2D eigenvalue weighted by atomic mass is 10.00. The molecule has 1 nitrogen and oxygen atoms in total. The second-order valence-corrected chi connectivity index (χ2v) is 4.24. The van der Waals surface area contributed by atoms with Crippen LogP contribution in [0.4, 0.5) is 0 Å². The van der Waals surface area contributed by atoms with Gasteiger partial charge in [-0.1, -0.05) is 42.5 Å². The fraction of sp³-hybridized carbons (Fsp3) is 0.200. The molecule has 0 aromatic heterocycles. The first-order chi connectivity index (χ1) is 7.66. The van der Waals surface area contributed by atoms with E-state index in [1.807, 2.05) is 19.9 Å². The summed E-state index contributed by atoms with van der Waals surface area (Å²) in [5.41, 5.74) is 4.45. The monoisotopic (exact) mass is 212 g/mol. The third-order valence-corrected chi connectivity index (χ3v) is 2.80. The van der Waals surface area contributed by atoms with Crippen LogP contribution in [0.2, 0.25) is 0 Å². The molecule has 0 atom stereocenters. The van der Waals surface area contributed by atoms with Crippen molar-refractivity contribution in [1.82, 2.24) is 0 Å². The Balaban J connectivity index is 2.29. The van der Waals surface area contributed by atoms with Crippen LogP contribution in [0, 0.1) is 13.8 Å². The number of hydrogen-bond acceptors (Lipinski definition) is 1. The third-order valence-electron chi connectivity index (χ3n) is 2.80. The topological polar surface area (TPSA) is 20.2 Å². The van der Waals surface area contributed by atoms with Gasteiger partial charge in [0.25, 0.3) is 0 Å². The van der Waals surface area contributed by atoms with E-state index >= 15 is 0 Å². The number of aromatic hydroxyl groups is 1. The lowest BCUT2D eigenvalue weighted by Gasteiger charge is -2.08. The van der Waals surface area contributed by atoms with Gasteiger partial charge >= 0.3 is 0 Å². The van der Waals surface area contributed by atoms with E-state index in [1.165, 1.54) is 11.1 Å². The SMILES string of the molecule is Cc1cc(Cc2ccccc2)cc(C)c1O. The fourth-order valence-electron chi connectivity index (χ4n) is 1.98. The Morgan fingerprint density at radius 3 is 2.00 bits per heavy atom. The van der Waals surface area contributed by atoms with E-state index in [9.17, 15) is 5.11 Å². The van der Waals surface area contributed by atoms with Crippen molar-refractivity contribution in [3.63, 3.8) is 0 Å². The summed E-state index contributed by atoms with van der Waals surface area (Å²) in [7, 11) is 0. The maximum Gasteiger partial charge on any atom is 0.121 e. The first-order valence-electron chi connectivity index (χ1n) is 5.50. The molecule has 1 N–H and O–H groups in total. The number of benzene rings is 2. The van der Waals surface area contributed by atoms with Crippen LogP contribution in [0.25, 0.3) is 0 Å². The Bertz CT molecular complexity index is 463. The maximum atomic E-state index is 9.70. The van der Waals surface area contributed by atoms with E-state index < -0.39 is 0 Å². The molecule has 0 unspecified atom stereocenters. The number of phenols is 1. The Morgan fingerprint density at radius 2 is 1.44 bits per heavy atom. The Morgan fingerprint density at radius 1 is 0.875 bits per heavy atom. The van der Waals surface area contributed by atoms with E-state index in [0.29, 0.717) is 5.75 Å². The maximum absolute atomic E-state index is 9.70. The van der Waals surface area contributed by atoms with Gasteiger partial charge in [-0.15, -0.1) is 0 Å². The van der Waals surface area contributed by atoms with Crippen LogP contribution in [0.15, 0.2) is 42.5 Å². The van der Waals surface area contributed by atoms with Crippen LogP contribution in [0.1, 0.15) is 22.3 Å². The summed E-state index contributed by atoms with van der Waals surface area (Å²) in [5, 5.41) is 9.70. The van der Waals surface area contributed by atoms with Gasteiger partial charge in [0.2, 0.25) is 0 Å². The van der Waals surface area contributed by atoms with Crippen LogP contribution < -0.4 is 0 Å². The van der Waals surface area contributed by atoms with Crippen molar-refractivity contribution in [2.24, 2.45) is 0 Å². The average Bonchev–Trinajstić information content (AvgIpc) is 2.27. The van der Waals surface area contributed by atoms with Gasteiger partial charge in [0, 0.05) is 0 Å². The lowest BCUT2D eigenvalue weighted by Crippen LogP contribution is -1.91. The van der Waals surface area contributed by atoms with E-state index in [0.717, 1.165) is 17.5 Å². The van der Waals surface area contributed by atoms with Crippen molar-refractivity contribution in [3.8, 4) is 5.75 Å². The van der Waals surface area contributed by atoms with Crippen molar-refractivity contribution in [2.75, 3.05) is 0 Å². The van der Waals surface area contributed by atoms with Crippen LogP contribution in [-0.4, -0.2) is 5.11 Å². The normalized spacial score (nSPS) is 10.4. The highest BCUT2D eigenvalue weighted by molar-refractivity contribution is 5.43. The Hall–Kier alpha value is -1.76. The number of hydrogen-bond donors (Lipinski definition) is 1. The number of rotatable bonds is 2. The van der Waals surface area contributed by atoms with Crippen molar-refractivity contribution >= 4 is 0 Å². The zero-order chi connectivity index (χ0) is 11.5. The highest BCUT2D eigenvalue weighted by Crippen LogP contribution is 2.24. The van der Waals surface area contributed by atoms with E-state index in [2.05, 4.69) is 36.4 Å². The number of phenolic OH excluding ortho intramolecular Hbond substituents is 1. The van der Waals surface area contributed by atoms with Crippen molar-refractivity contribution in [1.29, 1.82) is 0 Å². The smallest absolute Gasteiger partial charge is 0.121 e. The van der Waals surface area contributed by atoms with E-state index in [1.54, 1.807) is 0 Å². The zero-order valence-electron chi connectivity index (χ0n) is 9.70. The summed E-state index contributed by atoms with van der Waals surface area (Å²) in [6, 6.07) is 14.5. The molecule has 0 saturated carbocycles. The molecule has 0 radical (unpaired) electrons. The van der Waals surface area contributed by atoms with Gasteiger partial charge in [0.1, 0.15) is 5.75 Å². The summed E-state index contributed by atoms with van der Waals surface area (Å²) < 4.78 is 0. The molecule has 0 bridgehead atoms. The molecule has 0 fully saturated rings. The summed E-state index contributed by atoms with van der Waals surface area (Å²) >= 11 is 0. The highest BCUT2D eigenvalue weighted by Gasteiger charge is 2.03. The van der Waals surface area contributed by atoms with Gasteiger partial charge in [-0.3, -0.25) is 0 Å². The average molecular weight is 212 g/mol. The van der Waals surface area contributed by atoms with E-state index in [-0.39, 0.29) is 0 Å². The lowest BCUT2D eigenvalue weighted by molar-refractivity contribution is 0.466. The van der Waals surface area contributed by atoms with Crippen LogP contribution >= 0.6 is 0 Å². The predicted octanol–water partition coefficient (Wildman–Crippen LogP) is 3.60. The summed E-state index contributed by atoms with van der Waals surface area (Å²) in [4.78, 5) is 0. The van der Waals surface area contributed by atoms with Crippen molar-refractivity contribution in [2.45, 2.75) is 20.3 Å². The van der Waals surface area contributed by atoms with Gasteiger partial charge in [0.15, 0.2) is 0 Å². The van der Waals surface area contributed by atoms with Crippen molar-refractivity contribution < 1.29 is 5.11 Å². The summed E-state index contributed by atoms with van der Waals surface area (Å²) in [5.74, 6) is 0.414. The zero-order valence-corrected chi connectivity index (χ0v) is 9.70. The first kappa shape index (κ1) is 10.7. The fourth-order valence-corrected chi connectivity index (χ4v) is 1.98. The van der Waals surface area contributed by atoms with Crippen LogP contribution in [-0.2, 0) is 6.42 Å². The van der Waals surface area contributed by atoms with Crippen LogP contribution in [0.3, 0.4) is 0 Å². The van der Waals surface area contributed by atoms with Crippen molar-refractivity contribution in [3.05, 3.63) is 64.7 Å². The van der Waals surface area contributed by atoms with Crippen LogP contribution in [0.5, 0.6) is 5.75 Å². The molecule has 0 saturated heterocycles. The molecule has 0 amide bonds. The molecule has 0 aliphatic heterocycles. The molecule has 1 heteroatoms. The minimum absolute atomic E-state index is 0.414. The minimum Gasteiger partial charge on any atom is -0.507 e. The summed E-state index contributed by atoms with van der Waals surface area (Å²) in [6.45, 7) is 3.88. The second-order valence-electron chi connectivity index (χ2n) is 4.24. The molecule has 82 valence electrons. The predicted molar refractivity (Wildman–Crippen MR) is 66.8 cm³/mol. The molecular formula is C15H16O. The van der Waals surface area contributed by atoms with Gasteiger partial charge in [-0.05, 0) is 42.5 Å². The van der Waals surface area contributed by atoms with Gasteiger partial charge in [-0.2, -0.15) is 0 Å². The Kier molecular flexibility index (Phi) is 2.95. The molecule has 0 heterocycles. The van der Waals surface area contributed by atoms with E-state index in [4.69, 9.17) is 0 Å². The molecule has 0 aliphatic rings. The second kappa shape index (κ2) is 4.40. The standard InChI is InChI=1S/C15H16O/c1-11-8-14(9-12(2)15(11)16)10-13-6-4-3-5-7-13/h3-9,16H,10H2,1-2H3. The van der Waals surface area contributed by atoms with Gasteiger partial charge in [-0.25, -0.2) is 0 Å². The third kappa shape index (κ3) is 2.25. The first-order valence-corrected chi connectivity index (χ1v) is 5.50. The summed E-state index contributed by atoms with van der Waals surface area (Å²) in [6.07, 6.45) is 0.919. The molecular weight excluding hydrogens is 196 g/mol. The largest absolute Gasteiger partial charge is 0.507 e. The highest BCUT2D eigenvalue weighted by atomic mass is 16.3. The molecule has 0 aliphatic carbocycles. The molecule has 2 aromatic carbocycles. The quantitative estimate of drug-likeness (QED) is 0.806. The van der Waals surface area contributed by atoms with Gasteiger partial charge < -0.3 is 5.11 Å². The Labute approximate surface area is 96.4 Å². The number of aryl methyl sites for hydroxylation is 2. The molecule has 16 heavy (non-hydrogen) atoms. The molecule has 2 aromatic rings. The molecule has 2 rings (SSSR count). The minimum atomic E-state index is 0.414.